The van der Waals surface area contributed by atoms with Crippen LogP contribution < -0.4 is 10.6 Å². The number of aliphatic hydroxyl groups excluding tert-OH is 1. The summed E-state index contributed by atoms with van der Waals surface area (Å²) >= 11 is 0. The van der Waals surface area contributed by atoms with Crippen LogP contribution in [0.5, 0.6) is 0 Å². The normalized spacial score (nSPS) is 24.9. The summed E-state index contributed by atoms with van der Waals surface area (Å²) in [6.45, 7) is 1.63. The van der Waals surface area contributed by atoms with Crippen LogP contribution in [0.4, 0.5) is 5.69 Å². The zero-order valence-corrected chi connectivity index (χ0v) is 11.0. The van der Waals surface area contributed by atoms with E-state index in [0.717, 1.165) is 43.5 Å². The Labute approximate surface area is 113 Å². The lowest BCUT2D eigenvalue weighted by Crippen LogP contribution is -2.28. The van der Waals surface area contributed by atoms with Gasteiger partial charge in [0, 0.05) is 24.3 Å². The first-order valence-corrected chi connectivity index (χ1v) is 7.05. The Bertz CT molecular complexity index is 487. The SMILES string of the molecule is O=C(NCC1CCC(O)C1)c1ccc2c(c1)CCN2. The summed E-state index contributed by atoms with van der Waals surface area (Å²) in [6.07, 6.45) is 3.51. The molecule has 0 bridgehead atoms. The molecule has 2 unspecified atom stereocenters. The number of hydrogen-bond acceptors (Lipinski definition) is 3. The molecule has 1 aliphatic heterocycles. The predicted octanol–water partition coefficient (Wildman–Crippen LogP) is 1.55. The zero-order valence-electron chi connectivity index (χ0n) is 11.0. The van der Waals surface area contributed by atoms with Crippen LogP contribution >= 0.6 is 0 Å². The number of carbonyl (C=O) groups excluding carboxylic acids is 1. The van der Waals surface area contributed by atoms with Crippen LogP contribution in [0.25, 0.3) is 0 Å². The quantitative estimate of drug-likeness (QED) is 0.772. The zero-order chi connectivity index (χ0) is 13.2. The van der Waals surface area contributed by atoms with Crippen molar-refractivity contribution in [1.29, 1.82) is 0 Å². The van der Waals surface area contributed by atoms with Gasteiger partial charge in [-0.2, -0.15) is 0 Å². The fraction of sp³-hybridized carbons (Fsp3) is 0.533. The smallest absolute Gasteiger partial charge is 0.251 e. The van der Waals surface area contributed by atoms with E-state index in [2.05, 4.69) is 10.6 Å². The third-order valence-electron chi connectivity index (χ3n) is 4.14. The minimum absolute atomic E-state index is 0.00362. The summed E-state index contributed by atoms with van der Waals surface area (Å²) in [7, 11) is 0. The van der Waals surface area contributed by atoms with Crippen LogP contribution in [0, 0.1) is 5.92 Å². The van der Waals surface area contributed by atoms with E-state index in [0.29, 0.717) is 12.5 Å². The molecule has 1 aliphatic carbocycles. The van der Waals surface area contributed by atoms with Crippen molar-refractivity contribution in [1.82, 2.24) is 5.32 Å². The van der Waals surface area contributed by atoms with Crippen molar-refractivity contribution in [2.24, 2.45) is 5.92 Å². The molecule has 1 amide bonds. The first-order chi connectivity index (χ1) is 9.22. The minimum Gasteiger partial charge on any atom is -0.393 e. The van der Waals surface area contributed by atoms with Gasteiger partial charge in [0.15, 0.2) is 0 Å². The molecule has 4 nitrogen and oxygen atoms in total. The molecule has 1 heterocycles. The molecule has 1 saturated carbocycles. The van der Waals surface area contributed by atoms with Gasteiger partial charge in [-0.25, -0.2) is 0 Å². The molecule has 2 atom stereocenters. The van der Waals surface area contributed by atoms with Gasteiger partial charge in [-0.3, -0.25) is 4.79 Å². The third kappa shape index (κ3) is 2.73. The fourth-order valence-corrected chi connectivity index (χ4v) is 3.02. The summed E-state index contributed by atoms with van der Waals surface area (Å²) in [5.74, 6) is 0.422. The molecule has 1 fully saturated rings. The highest BCUT2D eigenvalue weighted by molar-refractivity contribution is 5.95. The summed E-state index contributed by atoms with van der Waals surface area (Å²) in [5, 5.41) is 15.7. The lowest BCUT2D eigenvalue weighted by Gasteiger charge is -2.11. The Balaban J connectivity index is 1.58. The van der Waals surface area contributed by atoms with E-state index in [1.54, 1.807) is 0 Å². The van der Waals surface area contributed by atoms with E-state index in [9.17, 15) is 9.90 Å². The molecule has 3 N–H and O–H groups in total. The third-order valence-corrected chi connectivity index (χ3v) is 4.14. The second-order valence-electron chi connectivity index (χ2n) is 5.59. The van der Waals surface area contributed by atoms with Gasteiger partial charge in [0.1, 0.15) is 0 Å². The lowest BCUT2D eigenvalue weighted by atomic mass is 10.1. The topological polar surface area (TPSA) is 61.4 Å². The second-order valence-corrected chi connectivity index (χ2v) is 5.59. The highest BCUT2D eigenvalue weighted by Gasteiger charge is 2.23. The van der Waals surface area contributed by atoms with Gasteiger partial charge in [0.25, 0.3) is 5.91 Å². The number of rotatable bonds is 3. The number of aliphatic hydroxyl groups is 1. The highest BCUT2D eigenvalue weighted by Crippen LogP contribution is 2.25. The van der Waals surface area contributed by atoms with Crippen molar-refractivity contribution >= 4 is 11.6 Å². The van der Waals surface area contributed by atoms with Crippen molar-refractivity contribution in [3.63, 3.8) is 0 Å². The first kappa shape index (κ1) is 12.5. The Morgan fingerprint density at radius 2 is 2.32 bits per heavy atom. The molecule has 3 rings (SSSR count). The largest absolute Gasteiger partial charge is 0.393 e. The molecule has 1 aromatic carbocycles. The van der Waals surface area contributed by atoms with Crippen LogP contribution in [0.2, 0.25) is 0 Å². The second kappa shape index (κ2) is 5.21. The molecule has 0 spiro atoms. The van der Waals surface area contributed by atoms with E-state index in [4.69, 9.17) is 0 Å². The average molecular weight is 260 g/mol. The molecule has 0 aromatic heterocycles. The summed E-state index contributed by atoms with van der Waals surface area (Å²) in [4.78, 5) is 12.1. The minimum atomic E-state index is -0.173. The van der Waals surface area contributed by atoms with Gasteiger partial charge < -0.3 is 15.7 Å². The lowest BCUT2D eigenvalue weighted by molar-refractivity contribution is 0.0945. The van der Waals surface area contributed by atoms with Gasteiger partial charge in [-0.1, -0.05) is 0 Å². The average Bonchev–Trinajstić information content (AvgIpc) is 3.03. The van der Waals surface area contributed by atoms with Gasteiger partial charge in [0.05, 0.1) is 6.10 Å². The van der Waals surface area contributed by atoms with E-state index >= 15 is 0 Å². The summed E-state index contributed by atoms with van der Waals surface area (Å²) in [5.41, 5.74) is 3.11. The molecule has 4 heteroatoms. The summed E-state index contributed by atoms with van der Waals surface area (Å²) in [6, 6.07) is 5.83. The van der Waals surface area contributed by atoms with E-state index in [-0.39, 0.29) is 12.0 Å². The first-order valence-electron chi connectivity index (χ1n) is 7.05. The maximum atomic E-state index is 12.1. The molecule has 0 radical (unpaired) electrons. The van der Waals surface area contributed by atoms with Gasteiger partial charge >= 0.3 is 0 Å². The number of amides is 1. The van der Waals surface area contributed by atoms with Crippen molar-refractivity contribution in [2.75, 3.05) is 18.4 Å². The van der Waals surface area contributed by atoms with Crippen molar-refractivity contribution in [3.8, 4) is 0 Å². The van der Waals surface area contributed by atoms with Crippen molar-refractivity contribution in [2.45, 2.75) is 31.8 Å². The molecule has 1 aromatic rings. The van der Waals surface area contributed by atoms with Crippen LogP contribution in [0.15, 0.2) is 18.2 Å². The predicted molar refractivity (Wildman–Crippen MR) is 74.3 cm³/mol. The molecule has 2 aliphatic rings. The highest BCUT2D eigenvalue weighted by atomic mass is 16.3. The van der Waals surface area contributed by atoms with Crippen LogP contribution in [0.3, 0.4) is 0 Å². The summed E-state index contributed by atoms with van der Waals surface area (Å²) < 4.78 is 0. The molecule has 0 saturated heterocycles. The van der Waals surface area contributed by atoms with Crippen molar-refractivity contribution < 1.29 is 9.90 Å². The monoisotopic (exact) mass is 260 g/mol. The number of anilines is 1. The number of nitrogens with one attached hydrogen (secondary N) is 2. The number of benzene rings is 1. The Morgan fingerprint density at radius 1 is 1.42 bits per heavy atom. The number of carbonyl (C=O) groups is 1. The Kier molecular flexibility index (Phi) is 3.42. The number of hydrogen-bond donors (Lipinski definition) is 3. The maximum Gasteiger partial charge on any atom is 0.251 e. The van der Waals surface area contributed by atoms with Crippen LogP contribution in [-0.2, 0) is 6.42 Å². The van der Waals surface area contributed by atoms with Gasteiger partial charge in [-0.15, -0.1) is 0 Å². The van der Waals surface area contributed by atoms with Crippen LogP contribution in [0.1, 0.15) is 35.2 Å². The standard InChI is InChI=1S/C15H20N2O2/c18-13-3-1-10(7-13)9-17-15(19)12-2-4-14-11(8-12)5-6-16-14/h2,4,8,10,13,16,18H,1,3,5-7,9H2,(H,17,19). The fourth-order valence-electron chi connectivity index (χ4n) is 3.02. The molecular formula is C15H20N2O2. The number of fused-ring (bicyclic) bond motifs is 1. The molecule has 102 valence electrons. The van der Waals surface area contributed by atoms with Crippen molar-refractivity contribution in [3.05, 3.63) is 29.3 Å². The van der Waals surface area contributed by atoms with E-state index in [1.807, 2.05) is 18.2 Å². The van der Waals surface area contributed by atoms with E-state index < -0.39 is 0 Å². The Morgan fingerprint density at radius 3 is 3.11 bits per heavy atom. The van der Waals surface area contributed by atoms with E-state index in [1.165, 1.54) is 5.56 Å². The molecular weight excluding hydrogens is 240 g/mol. The van der Waals surface area contributed by atoms with Gasteiger partial charge in [0.2, 0.25) is 0 Å². The maximum absolute atomic E-state index is 12.1. The van der Waals surface area contributed by atoms with Crippen LogP contribution in [-0.4, -0.2) is 30.2 Å². The molecule has 19 heavy (non-hydrogen) atoms. The van der Waals surface area contributed by atoms with Gasteiger partial charge in [-0.05, 0) is 55.4 Å². The Hall–Kier alpha value is -1.55.